The Bertz CT molecular complexity index is 324. The van der Waals surface area contributed by atoms with E-state index in [0.717, 1.165) is 18.4 Å². The highest BCUT2D eigenvalue weighted by Gasteiger charge is 2.08. The summed E-state index contributed by atoms with van der Waals surface area (Å²) in [6.07, 6.45) is 3.83. The summed E-state index contributed by atoms with van der Waals surface area (Å²) < 4.78 is 0. The first-order valence-electron chi connectivity index (χ1n) is 5.05. The predicted molar refractivity (Wildman–Crippen MR) is 64.3 cm³/mol. The number of nitrogens with zero attached hydrogens (tertiary/aromatic N) is 1. The van der Waals surface area contributed by atoms with Crippen molar-refractivity contribution in [1.29, 1.82) is 0 Å². The largest absolute Gasteiger partial charge is 0.354 e. The quantitative estimate of drug-likeness (QED) is 0.770. The molecule has 0 aliphatic heterocycles. The summed E-state index contributed by atoms with van der Waals surface area (Å²) in [5.74, 6) is -0.159. The Morgan fingerprint density at radius 1 is 1.60 bits per heavy atom. The molecule has 0 aliphatic carbocycles. The standard InChI is InChI=1S/C11H16N2OS/c1-3-4-10(15)8-5-6-9(13-7-8)11(14)12-2/h5-7,10,15H,3-4H2,1-2H3,(H,12,14). The molecule has 1 unspecified atom stereocenters. The summed E-state index contributed by atoms with van der Waals surface area (Å²) in [4.78, 5) is 15.3. The van der Waals surface area contributed by atoms with Gasteiger partial charge in [0, 0.05) is 18.5 Å². The van der Waals surface area contributed by atoms with E-state index in [0.29, 0.717) is 5.69 Å². The fourth-order valence-corrected chi connectivity index (χ4v) is 1.72. The maximum absolute atomic E-state index is 11.2. The molecule has 3 nitrogen and oxygen atoms in total. The van der Waals surface area contributed by atoms with Gasteiger partial charge in [-0.25, -0.2) is 0 Å². The molecule has 15 heavy (non-hydrogen) atoms. The summed E-state index contributed by atoms with van der Waals surface area (Å²) in [7, 11) is 1.59. The number of aromatic nitrogens is 1. The number of pyridine rings is 1. The molecule has 0 saturated heterocycles. The van der Waals surface area contributed by atoms with Crippen molar-refractivity contribution < 1.29 is 4.79 Å². The molecule has 0 saturated carbocycles. The van der Waals surface area contributed by atoms with Crippen LogP contribution in [0.25, 0.3) is 0 Å². The topological polar surface area (TPSA) is 42.0 Å². The van der Waals surface area contributed by atoms with Crippen LogP contribution in [0.1, 0.15) is 41.1 Å². The monoisotopic (exact) mass is 224 g/mol. The van der Waals surface area contributed by atoms with E-state index in [1.807, 2.05) is 6.07 Å². The lowest BCUT2D eigenvalue weighted by Crippen LogP contribution is -2.19. The number of rotatable bonds is 4. The van der Waals surface area contributed by atoms with Gasteiger partial charge in [0.2, 0.25) is 0 Å². The molecule has 1 atom stereocenters. The van der Waals surface area contributed by atoms with E-state index in [1.165, 1.54) is 0 Å². The van der Waals surface area contributed by atoms with Crippen molar-refractivity contribution in [1.82, 2.24) is 10.3 Å². The highest BCUT2D eigenvalue weighted by atomic mass is 32.1. The molecule has 0 radical (unpaired) electrons. The van der Waals surface area contributed by atoms with Crippen LogP contribution in [0.5, 0.6) is 0 Å². The number of hydrogen-bond donors (Lipinski definition) is 2. The molecule has 0 spiro atoms. The Labute approximate surface area is 95.7 Å². The average Bonchev–Trinajstić information content (AvgIpc) is 2.28. The first kappa shape index (κ1) is 12.0. The van der Waals surface area contributed by atoms with Gasteiger partial charge in [-0.3, -0.25) is 9.78 Å². The van der Waals surface area contributed by atoms with E-state index < -0.39 is 0 Å². The van der Waals surface area contributed by atoms with Crippen LogP contribution in [0.2, 0.25) is 0 Å². The molecule has 1 heterocycles. The van der Waals surface area contributed by atoms with Crippen molar-refractivity contribution >= 4 is 18.5 Å². The second-order valence-corrected chi connectivity index (χ2v) is 3.98. The highest BCUT2D eigenvalue weighted by Crippen LogP contribution is 2.24. The zero-order valence-electron chi connectivity index (χ0n) is 9.03. The van der Waals surface area contributed by atoms with Crippen LogP contribution in [0.4, 0.5) is 0 Å². The molecule has 0 aromatic carbocycles. The van der Waals surface area contributed by atoms with Gasteiger partial charge in [0.15, 0.2) is 0 Å². The van der Waals surface area contributed by atoms with E-state index >= 15 is 0 Å². The molecule has 1 aromatic rings. The zero-order chi connectivity index (χ0) is 11.3. The molecule has 1 amide bonds. The minimum absolute atomic E-state index is 0.159. The third-order valence-corrected chi connectivity index (χ3v) is 2.75. The minimum Gasteiger partial charge on any atom is -0.354 e. The van der Waals surface area contributed by atoms with Gasteiger partial charge in [-0.05, 0) is 18.1 Å². The number of hydrogen-bond acceptors (Lipinski definition) is 3. The number of thiol groups is 1. The highest BCUT2D eigenvalue weighted by molar-refractivity contribution is 7.80. The summed E-state index contributed by atoms with van der Waals surface area (Å²) in [6, 6.07) is 3.64. The van der Waals surface area contributed by atoms with Gasteiger partial charge in [-0.2, -0.15) is 12.6 Å². The van der Waals surface area contributed by atoms with Gasteiger partial charge in [-0.15, -0.1) is 0 Å². The molecule has 1 N–H and O–H groups in total. The molecular weight excluding hydrogens is 208 g/mol. The van der Waals surface area contributed by atoms with E-state index in [4.69, 9.17) is 0 Å². The van der Waals surface area contributed by atoms with E-state index in [-0.39, 0.29) is 11.2 Å². The van der Waals surface area contributed by atoms with Crippen LogP contribution in [0.15, 0.2) is 18.3 Å². The van der Waals surface area contributed by atoms with Crippen molar-refractivity contribution in [3.63, 3.8) is 0 Å². The Morgan fingerprint density at radius 2 is 2.33 bits per heavy atom. The van der Waals surface area contributed by atoms with Crippen molar-refractivity contribution in [3.05, 3.63) is 29.6 Å². The van der Waals surface area contributed by atoms with Gasteiger partial charge in [-0.1, -0.05) is 19.4 Å². The van der Waals surface area contributed by atoms with Crippen LogP contribution in [-0.2, 0) is 0 Å². The molecule has 0 bridgehead atoms. The van der Waals surface area contributed by atoms with Crippen LogP contribution in [0.3, 0.4) is 0 Å². The first-order chi connectivity index (χ1) is 7.19. The predicted octanol–water partition coefficient (Wildman–Crippen LogP) is 2.21. The lowest BCUT2D eigenvalue weighted by molar-refractivity contribution is 0.0958. The average molecular weight is 224 g/mol. The summed E-state index contributed by atoms with van der Waals surface area (Å²) in [5, 5.41) is 2.74. The fourth-order valence-electron chi connectivity index (χ4n) is 1.30. The smallest absolute Gasteiger partial charge is 0.269 e. The van der Waals surface area contributed by atoms with Crippen LogP contribution < -0.4 is 5.32 Å². The maximum atomic E-state index is 11.2. The van der Waals surface area contributed by atoms with Crippen molar-refractivity contribution in [3.8, 4) is 0 Å². The van der Waals surface area contributed by atoms with Gasteiger partial charge >= 0.3 is 0 Å². The third-order valence-electron chi connectivity index (χ3n) is 2.19. The van der Waals surface area contributed by atoms with Gasteiger partial charge < -0.3 is 5.32 Å². The minimum atomic E-state index is -0.159. The van der Waals surface area contributed by atoms with E-state index in [2.05, 4.69) is 29.9 Å². The molecule has 1 rings (SSSR count). The van der Waals surface area contributed by atoms with Gasteiger partial charge in [0.1, 0.15) is 5.69 Å². The zero-order valence-corrected chi connectivity index (χ0v) is 9.92. The van der Waals surface area contributed by atoms with Crippen molar-refractivity contribution in [2.45, 2.75) is 25.0 Å². The Morgan fingerprint density at radius 3 is 2.80 bits per heavy atom. The van der Waals surface area contributed by atoms with Crippen molar-refractivity contribution in [2.75, 3.05) is 7.05 Å². The Hall–Kier alpha value is -1.03. The number of carbonyl (C=O) groups is 1. The number of nitrogens with one attached hydrogen (secondary N) is 1. The molecule has 4 heteroatoms. The molecule has 0 fully saturated rings. The molecule has 82 valence electrons. The second-order valence-electron chi connectivity index (χ2n) is 3.36. The number of amides is 1. The first-order valence-corrected chi connectivity index (χ1v) is 5.56. The van der Waals surface area contributed by atoms with Gasteiger partial charge in [0.05, 0.1) is 0 Å². The van der Waals surface area contributed by atoms with Crippen LogP contribution >= 0.6 is 12.6 Å². The summed E-state index contributed by atoms with van der Waals surface area (Å²) in [6.45, 7) is 2.12. The lowest BCUT2D eigenvalue weighted by atomic mass is 10.1. The summed E-state index contributed by atoms with van der Waals surface area (Å²) >= 11 is 4.47. The third kappa shape index (κ3) is 3.23. The molecule has 1 aromatic heterocycles. The SMILES string of the molecule is CCCC(S)c1ccc(C(=O)NC)nc1. The van der Waals surface area contributed by atoms with E-state index in [1.54, 1.807) is 19.3 Å². The van der Waals surface area contributed by atoms with Crippen molar-refractivity contribution in [2.24, 2.45) is 0 Å². The van der Waals surface area contributed by atoms with Crippen LogP contribution in [-0.4, -0.2) is 17.9 Å². The maximum Gasteiger partial charge on any atom is 0.269 e. The summed E-state index contributed by atoms with van der Waals surface area (Å²) in [5.41, 5.74) is 1.51. The molecular formula is C11H16N2OS. The Balaban J connectivity index is 2.76. The Kier molecular flexibility index (Phi) is 4.62. The second kappa shape index (κ2) is 5.75. The number of carbonyl (C=O) groups excluding carboxylic acids is 1. The normalized spacial score (nSPS) is 12.2. The fraction of sp³-hybridized carbons (Fsp3) is 0.455. The van der Waals surface area contributed by atoms with Crippen LogP contribution in [0, 0.1) is 0 Å². The van der Waals surface area contributed by atoms with E-state index in [9.17, 15) is 4.79 Å². The molecule has 0 aliphatic rings. The lowest BCUT2D eigenvalue weighted by Gasteiger charge is -2.09. The van der Waals surface area contributed by atoms with Gasteiger partial charge in [0.25, 0.3) is 5.91 Å².